The summed E-state index contributed by atoms with van der Waals surface area (Å²) in [5.41, 5.74) is 0. The van der Waals surface area contributed by atoms with Gasteiger partial charge in [0.05, 0.1) is 6.42 Å². The van der Waals surface area contributed by atoms with Crippen LogP contribution >= 0.6 is 11.6 Å². The molecule has 21 heavy (non-hydrogen) atoms. The molecule has 114 valence electrons. The van der Waals surface area contributed by atoms with E-state index in [2.05, 4.69) is 0 Å². The zero-order valence-corrected chi connectivity index (χ0v) is 12.5. The van der Waals surface area contributed by atoms with E-state index in [4.69, 9.17) is 21.4 Å². The van der Waals surface area contributed by atoms with E-state index in [0.29, 0.717) is 10.8 Å². The first-order valence-corrected chi connectivity index (χ1v) is 7.29. The number of carbonyl (C=O) groups excluding carboxylic acids is 1. The first kappa shape index (κ1) is 15.6. The highest BCUT2D eigenvalue weighted by Gasteiger charge is 2.35. The molecule has 1 aromatic carbocycles. The summed E-state index contributed by atoms with van der Waals surface area (Å²) in [5.74, 6) is -0.511. The van der Waals surface area contributed by atoms with Crippen LogP contribution in [-0.2, 0) is 9.59 Å². The monoisotopic (exact) mass is 311 g/mol. The van der Waals surface area contributed by atoms with Gasteiger partial charge in [0.15, 0.2) is 6.10 Å². The van der Waals surface area contributed by atoms with Crippen LogP contribution in [0.4, 0.5) is 0 Å². The minimum absolute atomic E-state index is 0.0457. The molecule has 6 heteroatoms. The first-order valence-electron chi connectivity index (χ1n) is 6.92. The largest absolute Gasteiger partial charge is 0.481 e. The maximum atomic E-state index is 12.4. The SMILES string of the molecule is CC(Oc1ccc(Cl)cc1)C(=O)N(CCC(=O)O)C1CC1. The highest BCUT2D eigenvalue weighted by Crippen LogP contribution is 2.28. The van der Waals surface area contributed by atoms with Gasteiger partial charge in [-0.2, -0.15) is 0 Å². The average molecular weight is 312 g/mol. The van der Waals surface area contributed by atoms with Gasteiger partial charge in [-0.25, -0.2) is 0 Å². The lowest BCUT2D eigenvalue weighted by atomic mass is 10.2. The number of hydrogen-bond donors (Lipinski definition) is 1. The number of benzene rings is 1. The number of amides is 1. The van der Waals surface area contributed by atoms with Crippen molar-refractivity contribution in [2.75, 3.05) is 6.54 Å². The van der Waals surface area contributed by atoms with Gasteiger partial charge in [0, 0.05) is 17.6 Å². The third-order valence-corrected chi connectivity index (χ3v) is 3.56. The molecule has 1 atom stereocenters. The van der Waals surface area contributed by atoms with Gasteiger partial charge in [0.2, 0.25) is 0 Å². The fourth-order valence-electron chi connectivity index (χ4n) is 2.08. The molecule has 1 aliphatic carbocycles. The number of carboxylic acids is 1. The molecule has 0 radical (unpaired) electrons. The molecule has 0 aromatic heterocycles. The number of ether oxygens (including phenoxy) is 1. The molecule has 0 aliphatic heterocycles. The molecule has 1 fully saturated rings. The molecule has 0 spiro atoms. The van der Waals surface area contributed by atoms with Crippen molar-refractivity contribution in [1.29, 1.82) is 0 Å². The average Bonchev–Trinajstić information content (AvgIpc) is 3.25. The highest BCUT2D eigenvalue weighted by atomic mass is 35.5. The molecule has 0 heterocycles. The molecule has 1 aromatic rings. The topological polar surface area (TPSA) is 66.8 Å². The zero-order valence-electron chi connectivity index (χ0n) is 11.8. The molecule has 0 saturated heterocycles. The van der Waals surface area contributed by atoms with Crippen LogP contribution in [0.1, 0.15) is 26.2 Å². The van der Waals surface area contributed by atoms with E-state index in [0.717, 1.165) is 12.8 Å². The zero-order chi connectivity index (χ0) is 15.4. The number of aliphatic carboxylic acids is 1. The summed E-state index contributed by atoms with van der Waals surface area (Å²) in [6.07, 6.45) is 1.16. The fraction of sp³-hybridized carbons (Fsp3) is 0.467. The summed E-state index contributed by atoms with van der Waals surface area (Å²) in [4.78, 5) is 24.7. The van der Waals surface area contributed by atoms with Crippen LogP contribution in [0, 0.1) is 0 Å². The van der Waals surface area contributed by atoms with Crippen LogP contribution in [0.5, 0.6) is 5.75 Å². The summed E-state index contributed by atoms with van der Waals surface area (Å²) in [5, 5.41) is 9.36. The minimum atomic E-state index is -0.903. The molecule has 2 rings (SSSR count). The predicted octanol–water partition coefficient (Wildman–Crippen LogP) is 2.57. The predicted molar refractivity (Wildman–Crippen MR) is 78.5 cm³/mol. The lowest BCUT2D eigenvalue weighted by Gasteiger charge is -2.25. The molecule has 5 nitrogen and oxygen atoms in total. The quantitative estimate of drug-likeness (QED) is 0.840. The lowest BCUT2D eigenvalue weighted by Crippen LogP contribution is -2.42. The number of halogens is 1. The molecular weight excluding hydrogens is 294 g/mol. The van der Waals surface area contributed by atoms with Gasteiger partial charge < -0.3 is 14.7 Å². The van der Waals surface area contributed by atoms with Crippen molar-refractivity contribution in [2.24, 2.45) is 0 Å². The molecule has 0 bridgehead atoms. The molecule has 1 N–H and O–H groups in total. The van der Waals surface area contributed by atoms with Crippen molar-refractivity contribution in [1.82, 2.24) is 4.90 Å². The van der Waals surface area contributed by atoms with Gasteiger partial charge >= 0.3 is 5.97 Å². The van der Waals surface area contributed by atoms with E-state index in [1.165, 1.54) is 0 Å². The van der Waals surface area contributed by atoms with Crippen LogP contribution in [0.2, 0.25) is 5.02 Å². The van der Waals surface area contributed by atoms with E-state index in [9.17, 15) is 9.59 Å². The van der Waals surface area contributed by atoms with Crippen LogP contribution in [0.25, 0.3) is 0 Å². The number of carbonyl (C=O) groups is 2. The number of carboxylic acid groups (broad SMARTS) is 1. The van der Waals surface area contributed by atoms with Gasteiger partial charge in [0.1, 0.15) is 5.75 Å². The molecule has 1 amide bonds. The van der Waals surface area contributed by atoms with E-state index < -0.39 is 12.1 Å². The van der Waals surface area contributed by atoms with Gasteiger partial charge in [0.25, 0.3) is 5.91 Å². The van der Waals surface area contributed by atoms with Gasteiger partial charge in [-0.1, -0.05) is 11.6 Å². The third kappa shape index (κ3) is 4.63. The maximum Gasteiger partial charge on any atom is 0.305 e. The second-order valence-electron chi connectivity index (χ2n) is 5.12. The first-order chi connectivity index (χ1) is 9.97. The Balaban J connectivity index is 1.95. The summed E-state index contributed by atoms with van der Waals surface area (Å²) >= 11 is 5.80. The van der Waals surface area contributed by atoms with E-state index >= 15 is 0 Å². The minimum Gasteiger partial charge on any atom is -0.481 e. The van der Waals surface area contributed by atoms with Crippen molar-refractivity contribution in [2.45, 2.75) is 38.3 Å². The second kappa shape index (κ2) is 6.80. The number of hydrogen-bond acceptors (Lipinski definition) is 3. The molecule has 1 unspecified atom stereocenters. The summed E-state index contributed by atoms with van der Waals surface area (Å²) in [7, 11) is 0. The highest BCUT2D eigenvalue weighted by molar-refractivity contribution is 6.30. The Kier molecular flexibility index (Phi) is 5.07. The van der Waals surface area contributed by atoms with Crippen molar-refractivity contribution < 1.29 is 19.4 Å². The van der Waals surface area contributed by atoms with E-state index in [1.807, 2.05) is 0 Å². The fourth-order valence-corrected chi connectivity index (χ4v) is 2.20. The van der Waals surface area contributed by atoms with Crippen LogP contribution in [-0.4, -0.2) is 40.6 Å². The second-order valence-corrected chi connectivity index (χ2v) is 5.56. The Hall–Kier alpha value is -1.75. The molecule has 1 aliphatic rings. The Morgan fingerprint density at radius 1 is 1.38 bits per heavy atom. The normalized spacial score (nSPS) is 15.3. The lowest BCUT2D eigenvalue weighted by molar-refractivity contribution is -0.141. The van der Waals surface area contributed by atoms with Crippen molar-refractivity contribution >= 4 is 23.5 Å². The number of rotatable bonds is 7. The molecule has 1 saturated carbocycles. The maximum absolute atomic E-state index is 12.4. The van der Waals surface area contributed by atoms with E-state index in [1.54, 1.807) is 36.1 Å². The summed E-state index contributed by atoms with van der Waals surface area (Å²) in [6.45, 7) is 1.90. The Bertz CT molecular complexity index is 513. The Morgan fingerprint density at radius 3 is 2.52 bits per heavy atom. The van der Waals surface area contributed by atoms with Crippen LogP contribution < -0.4 is 4.74 Å². The third-order valence-electron chi connectivity index (χ3n) is 3.31. The van der Waals surface area contributed by atoms with Crippen LogP contribution in [0.3, 0.4) is 0 Å². The van der Waals surface area contributed by atoms with Crippen molar-refractivity contribution in [3.8, 4) is 5.75 Å². The van der Waals surface area contributed by atoms with Crippen LogP contribution in [0.15, 0.2) is 24.3 Å². The Labute approximate surface area is 128 Å². The number of nitrogens with zero attached hydrogens (tertiary/aromatic N) is 1. The van der Waals surface area contributed by atoms with Gasteiger partial charge in [-0.3, -0.25) is 9.59 Å². The Morgan fingerprint density at radius 2 is 2.00 bits per heavy atom. The summed E-state index contributed by atoms with van der Waals surface area (Å²) in [6, 6.07) is 6.94. The van der Waals surface area contributed by atoms with Gasteiger partial charge in [-0.15, -0.1) is 0 Å². The summed E-state index contributed by atoms with van der Waals surface area (Å²) < 4.78 is 5.60. The molecular formula is C15H18ClNO4. The smallest absolute Gasteiger partial charge is 0.305 e. The van der Waals surface area contributed by atoms with Crippen molar-refractivity contribution in [3.05, 3.63) is 29.3 Å². The van der Waals surface area contributed by atoms with Crippen molar-refractivity contribution in [3.63, 3.8) is 0 Å². The van der Waals surface area contributed by atoms with Gasteiger partial charge in [-0.05, 0) is 44.0 Å². The van der Waals surface area contributed by atoms with E-state index in [-0.39, 0.29) is 24.9 Å². The standard InChI is InChI=1S/C15H18ClNO4/c1-10(21-13-6-2-11(16)3-7-13)15(20)17(12-4-5-12)9-8-14(18)19/h2-3,6-7,10,12H,4-5,8-9H2,1H3,(H,18,19).